The van der Waals surface area contributed by atoms with Crippen molar-refractivity contribution in [2.75, 3.05) is 0 Å². The maximum absolute atomic E-state index is 12.8. The van der Waals surface area contributed by atoms with Crippen LogP contribution in [-0.2, 0) is 11.2 Å². The minimum absolute atomic E-state index is 0.0106. The molecule has 0 amide bonds. The first-order valence-corrected chi connectivity index (χ1v) is 4.05. The van der Waals surface area contributed by atoms with E-state index in [-0.39, 0.29) is 28.5 Å². The van der Waals surface area contributed by atoms with Crippen LogP contribution in [0, 0.1) is 5.82 Å². The molecule has 0 spiro atoms. The van der Waals surface area contributed by atoms with Crippen LogP contribution in [0.2, 0.25) is 5.02 Å². The Bertz CT molecular complexity index is 350. The summed E-state index contributed by atoms with van der Waals surface area (Å²) in [6.45, 7) is 1.36. The Morgan fingerprint density at radius 2 is 2.23 bits per heavy atom. The van der Waals surface area contributed by atoms with E-state index >= 15 is 0 Å². The molecular formula is C9H8ClFO2. The van der Waals surface area contributed by atoms with E-state index < -0.39 is 5.82 Å². The highest BCUT2D eigenvalue weighted by Gasteiger charge is 2.09. The molecule has 1 rings (SSSR count). The number of phenolic OH excluding ortho intramolecular Hbond substituents is 1. The van der Waals surface area contributed by atoms with E-state index in [0.29, 0.717) is 0 Å². The van der Waals surface area contributed by atoms with Gasteiger partial charge in [-0.2, -0.15) is 0 Å². The highest BCUT2D eigenvalue weighted by molar-refractivity contribution is 6.32. The smallest absolute Gasteiger partial charge is 0.138 e. The number of benzene rings is 1. The number of ketones is 1. The van der Waals surface area contributed by atoms with E-state index in [1.54, 1.807) is 0 Å². The van der Waals surface area contributed by atoms with Crippen LogP contribution in [-0.4, -0.2) is 10.9 Å². The molecule has 1 aromatic rings. The van der Waals surface area contributed by atoms with E-state index in [9.17, 15) is 14.3 Å². The van der Waals surface area contributed by atoms with Gasteiger partial charge in [-0.1, -0.05) is 11.6 Å². The zero-order valence-corrected chi connectivity index (χ0v) is 7.73. The predicted molar refractivity (Wildman–Crippen MR) is 47.5 cm³/mol. The molecule has 0 aliphatic heterocycles. The van der Waals surface area contributed by atoms with Crippen LogP contribution in [0.15, 0.2) is 12.1 Å². The minimum Gasteiger partial charge on any atom is -0.506 e. The largest absolute Gasteiger partial charge is 0.506 e. The fraction of sp³-hybridized carbons (Fsp3) is 0.222. The van der Waals surface area contributed by atoms with Crippen molar-refractivity contribution in [1.29, 1.82) is 0 Å². The molecule has 0 heterocycles. The molecule has 2 nitrogen and oxygen atoms in total. The molecule has 1 aromatic carbocycles. The third kappa shape index (κ3) is 2.42. The third-order valence-electron chi connectivity index (χ3n) is 1.55. The first-order chi connectivity index (χ1) is 6.00. The lowest BCUT2D eigenvalue weighted by Crippen LogP contribution is -1.97. The number of hydrogen-bond donors (Lipinski definition) is 1. The highest BCUT2D eigenvalue weighted by atomic mass is 35.5. The molecule has 1 N–H and O–H groups in total. The van der Waals surface area contributed by atoms with Crippen LogP contribution in [0.5, 0.6) is 5.75 Å². The van der Waals surface area contributed by atoms with Gasteiger partial charge in [-0.15, -0.1) is 0 Å². The minimum atomic E-state index is -0.556. The number of halogens is 2. The molecule has 13 heavy (non-hydrogen) atoms. The standard InChI is InChI=1S/C9H8ClFO2/c1-5(12)2-6-3-7(11)4-8(10)9(6)13/h3-4,13H,2H2,1H3. The Hall–Kier alpha value is -1.09. The molecule has 0 saturated carbocycles. The Balaban J connectivity index is 3.12. The number of rotatable bonds is 2. The van der Waals surface area contributed by atoms with Crippen molar-refractivity contribution >= 4 is 17.4 Å². The maximum atomic E-state index is 12.8. The van der Waals surface area contributed by atoms with Crippen LogP contribution in [0.4, 0.5) is 4.39 Å². The number of Topliss-reactive ketones (excluding diaryl/α,β-unsaturated/α-hetero) is 1. The fourth-order valence-electron chi connectivity index (χ4n) is 1.02. The normalized spacial score (nSPS) is 10.1. The summed E-state index contributed by atoms with van der Waals surface area (Å²) in [5.41, 5.74) is 0.220. The Morgan fingerprint density at radius 1 is 1.62 bits per heavy atom. The van der Waals surface area contributed by atoms with Gasteiger partial charge in [-0.05, 0) is 19.1 Å². The van der Waals surface area contributed by atoms with E-state index in [1.807, 2.05) is 0 Å². The topological polar surface area (TPSA) is 37.3 Å². The van der Waals surface area contributed by atoms with E-state index in [4.69, 9.17) is 11.6 Å². The number of phenols is 1. The lowest BCUT2D eigenvalue weighted by molar-refractivity contribution is -0.116. The van der Waals surface area contributed by atoms with Gasteiger partial charge in [0.25, 0.3) is 0 Å². The van der Waals surface area contributed by atoms with Crippen molar-refractivity contribution in [1.82, 2.24) is 0 Å². The van der Waals surface area contributed by atoms with Gasteiger partial charge in [0.1, 0.15) is 17.3 Å². The molecule has 0 bridgehead atoms. The Kier molecular flexibility index (Phi) is 2.88. The molecule has 0 aromatic heterocycles. The quantitative estimate of drug-likeness (QED) is 0.799. The molecule has 0 unspecified atom stereocenters. The van der Waals surface area contributed by atoms with Crippen LogP contribution >= 0.6 is 11.6 Å². The monoisotopic (exact) mass is 202 g/mol. The van der Waals surface area contributed by atoms with Gasteiger partial charge in [-0.3, -0.25) is 4.79 Å². The highest BCUT2D eigenvalue weighted by Crippen LogP contribution is 2.28. The van der Waals surface area contributed by atoms with Gasteiger partial charge in [-0.25, -0.2) is 4.39 Å². The molecule has 70 valence electrons. The summed E-state index contributed by atoms with van der Waals surface area (Å²) in [6.07, 6.45) is -0.0106. The summed E-state index contributed by atoms with van der Waals surface area (Å²) < 4.78 is 12.8. The second-order valence-corrected chi connectivity index (χ2v) is 3.18. The van der Waals surface area contributed by atoms with Crippen molar-refractivity contribution in [2.45, 2.75) is 13.3 Å². The van der Waals surface area contributed by atoms with Crippen molar-refractivity contribution in [2.24, 2.45) is 0 Å². The zero-order valence-electron chi connectivity index (χ0n) is 6.97. The maximum Gasteiger partial charge on any atom is 0.138 e. The van der Waals surface area contributed by atoms with Crippen molar-refractivity contribution < 1.29 is 14.3 Å². The summed E-state index contributed by atoms with van der Waals surface area (Å²) >= 11 is 5.50. The Morgan fingerprint density at radius 3 is 2.77 bits per heavy atom. The van der Waals surface area contributed by atoms with Crippen LogP contribution in [0.1, 0.15) is 12.5 Å². The number of hydrogen-bond acceptors (Lipinski definition) is 2. The summed E-state index contributed by atoms with van der Waals surface area (Å²) in [6, 6.07) is 2.10. The molecular weight excluding hydrogens is 195 g/mol. The van der Waals surface area contributed by atoms with Crippen LogP contribution in [0.25, 0.3) is 0 Å². The molecule has 0 atom stereocenters. The molecule has 0 aliphatic carbocycles. The first-order valence-electron chi connectivity index (χ1n) is 3.67. The van der Waals surface area contributed by atoms with Crippen molar-refractivity contribution in [3.05, 3.63) is 28.5 Å². The van der Waals surface area contributed by atoms with E-state index in [1.165, 1.54) is 6.92 Å². The predicted octanol–water partition coefficient (Wildman–Crippen LogP) is 2.32. The fourth-order valence-corrected chi connectivity index (χ4v) is 1.25. The van der Waals surface area contributed by atoms with Gasteiger partial charge >= 0.3 is 0 Å². The van der Waals surface area contributed by atoms with Gasteiger partial charge in [0.05, 0.1) is 5.02 Å². The SMILES string of the molecule is CC(=O)Cc1cc(F)cc(Cl)c1O. The lowest BCUT2D eigenvalue weighted by atomic mass is 10.1. The molecule has 0 aliphatic rings. The number of carbonyl (C=O) groups is 1. The van der Waals surface area contributed by atoms with E-state index in [0.717, 1.165) is 12.1 Å². The van der Waals surface area contributed by atoms with Crippen LogP contribution in [0.3, 0.4) is 0 Å². The lowest BCUT2D eigenvalue weighted by Gasteiger charge is -2.03. The van der Waals surface area contributed by atoms with Gasteiger partial charge in [0.15, 0.2) is 0 Å². The van der Waals surface area contributed by atoms with Crippen molar-refractivity contribution in [3.8, 4) is 5.75 Å². The third-order valence-corrected chi connectivity index (χ3v) is 1.83. The summed E-state index contributed by atoms with van der Waals surface area (Å²) in [5, 5.41) is 9.25. The van der Waals surface area contributed by atoms with Crippen LogP contribution < -0.4 is 0 Å². The molecule has 0 fully saturated rings. The summed E-state index contributed by atoms with van der Waals surface area (Å²) in [5.74, 6) is -0.936. The molecule has 0 saturated heterocycles. The number of carbonyl (C=O) groups excluding carboxylic acids is 1. The van der Waals surface area contributed by atoms with Gasteiger partial charge < -0.3 is 5.11 Å². The van der Waals surface area contributed by atoms with Crippen molar-refractivity contribution in [3.63, 3.8) is 0 Å². The second-order valence-electron chi connectivity index (χ2n) is 2.77. The van der Waals surface area contributed by atoms with Gasteiger partial charge in [0, 0.05) is 12.0 Å². The summed E-state index contributed by atoms with van der Waals surface area (Å²) in [7, 11) is 0. The zero-order chi connectivity index (χ0) is 10.0. The second kappa shape index (κ2) is 3.75. The van der Waals surface area contributed by atoms with E-state index in [2.05, 4.69) is 0 Å². The summed E-state index contributed by atoms with van der Waals surface area (Å²) in [4.78, 5) is 10.7. The Labute approximate surface area is 80.0 Å². The average Bonchev–Trinajstić information content (AvgIpc) is 1.98. The molecule has 4 heteroatoms. The number of aromatic hydroxyl groups is 1. The van der Waals surface area contributed by atoms with Gasteiger partial charge in [0.2, 0.25) is 0 Å². The molecule has 0 radical (unpaired) electrons. The average molecular weight is 203 g/mol. The first kappa shape index (κ1) is 9.99.